The van der Waals surface area contributed by atoms with Gasteiger partial charge in [-0.1, -0.05) is 18.2 Å². The minimum absolute atomic E-state index is 0.0343. The zero-order chi connectivity index (χ0) is 39.6. The molecular formula is C41H41F3N8O5. The highest BCUT2D eigenvalue weighted by Gasteiger charge is 2.56. The largest absolute Gasteiger partial charge is 0.504 e. The summed E-state index contributed by atoms with van der Waals surface area (Å²) in [6.07, 6.45) is 0.742. The van der Waals surface area contributed by atoms with Crippen molar-refractivity contribution in [1.29, 1.82) is 0 Å². The van der Waals surface area contributed by atoms with Gasteiger partial charge in [-0.15, -0.1) is 10.2 Å². The van der Waals surface area contributed by atoms with Crippen molar-refractivity contribution >= 4 is 29.2 Å². The summed E-state index contributed by atoms with van der Waals surface area (Å²) in [5, 5.41) is 24.0. The number of nitrogens with zero attached hydrogens (tertiary/aromatic N) is 6. The Balaban J connectivity index is 0.828. The highest BCUT2D eigenvalue weighted by atomic mass is 19.3. The van der Waals surface area contributed by atoms with Crippen LogP contribution in [0.15, 0.2) is 54.7 Å². The quantitative estimate of drug-likeness (QED) is 0.209. The molecule has 9 rings (SSSR count). The fraction of sp³-hybridized carbons (Fsp3) is 0.415. The molecule has 3 N–H and O–H groups in total. The van der Waals surface area contributed by atoms with E-state index in [9.17, 15) is 32.7 Å². The molecule has 0 bridgehead atoms. The number of amides is 3. The Morgan fingerprint density at radius 3 is 2.63 bits per heavy atom. The fourth-order valence-electron chi connectivity index (χ4n) is 9.10. The molecule has 0 radical (unpaired) electrons. The van der Waals surface area contributed by atoms with Gasteiger partial charge in [0, 0.05) is 43.6 Å². The molecule has 0 unspecified atom stereocenters. The lowest BCUT2D eigenvalue weighted by atomic mass is 9.88. The zero-order valence-corrected chi connectivity index (χ0v) is 31.2. The lowest BCUT2D eigenvalue weighted by molar-refractivity contribution is -0.136. The van der Waals surface area contributed by atoms with Crippen LogP contribution in [0.1, 0.15) is 70.8 Å². The number of hydrogen-bond donors (Lipinski definition) is 3. The van der Waals surface area contributed by atoms with E-state index in [2.05, 4.69) is 31.8 Å². The molecule has 2 aromatic heterocycles. The summed E-state index contributed by atoms with van der Waals surface area (Å²) in [5.41, 5.74) is 3.39. The van der Waals surface area contributed by atoms with Crippen LogP contribution in [-0.4, -0.2) is 98.1 Å². The molecule has 3 atom stereocenters. The van der Waals surface area contributed by atoms with Gasteiger partial charge in [0.1, 0.15) is 23.4 Å². The molecule has 3 fully saturated rings. The SMILES string of the molecule is Cc1cc(CN2CCC(c3ccc4c(c3)C(=O)N([C@H]3CCC(=O)NC3=O)C4)CC2)ncc1O[C@H]1CN2c3cc(-c4cccc(F)c4O)nnc3NC[C@]2(C(F)F)C1. The Labute approximate surface area is 326 Å². The summed E-state index contributed by atoms with van der Waals surface area (Å²) in [4.78, 5) is 47.6. The zero-order valence-electron chi connectivity index (χ0n) is 31.2. The number of anilines is 2. The Morgan fingerprint density at radius 1 is 1.04 bits per heavy atom. The molecule has 0 aliphatic carbocycles. The summed E-state index contributed by atoms with van der Waals surface area (Å²) in [7, 11) is 0. The number of halogens is 3. The minimum Gasteiger partial charge on any atom is -0.504 e. The lowest BCUT2D eigenvalue weighted by Gasteiger charge is -2.43. The van der Waals surface area contributed by atoms with E-state index in [1.54, 1.807) is 22.1 Å². The van der Waals surface area contributed by atoms with Crippen molar-refractivity contribution in [1.82, 2.24) is 30.3 Å². The smallest absolute Gasteiger partial charge is 0.263 e. The van der Waals surface area contributed by atoms with Gasteiger partial charge in [0.15, 0.2) is 17.4 Å². The van der Waals surface area contributed by atoms with E-state index in [0.717, 1.165) is 54.4 Å². The second-order valence-electron chi connectivity index (χ2n) is 15.7. The number of phenolic OH excluding ortho intramolecular Hbond substituents is 1. The van der Waals surface area contributed by atoms with E-state index in [-0.39, 0.29) is 54.9 Å². The van der Waals surface area contributed by atoms with Crippen LogP contribution < -0.4 is 20.3 Å². The average molecular weight is 783 g/mol. The van der Waals surface area contributed by atoms with Gasteiger partial charge in [0.05, 0.1) is 29.8 Å². The lowest BCUT2D eigenvalue weighted by Crippen LogP contribution is -2.57. The number of phenols is 1. The number of imide groups is 1. The second-order valence-corrected chi connectivity index (χ2v) is 15.7. The number of carbonyl (C=O) groups is 3. The number of nitrogens with one attached hydrogen (secondary N) is 2. The van der Waals surface area contributed by atoms with E-state index in [1.807, 2.05) is 25.1 Å². The monoisotopic (exact) mass is 782 g/mol. The number of fused-ring (bicyclic) bond motifs is 4. The van der Waals surface area contributed by atoms with Gasteiger partial charge >= 0.3 is 0 Å². The van der Waals surface area contributed by atoms with Crippen molar-refractivity contribution in [3.63, 3.8) is 0 Å². The number of ether oxygens (including phenoxy) is 1. The van der Waals surface area contributed by atoms with E-state index < -0.39 is 41.6 Å². The molecule has 3 amide bonds. The van der Waals surface area contributed by atoms with Crippen molar-refractivity contribution < 1.29 is 37.4 Å². The molecule has 3 saturated heterocycles. The van der Waals surface area contributed by atoms with Gasteiger partial charge in [-0.2, -0.15) is 0 Å². The van der Waals surface area contributed by atoms with E-state index >= 15 is 0 Å². The van der Waals surface area contributed by atoms with Gasteiger partial charge in [-0.3, -0.25) is 29.6 Å². The minimum atomic E-state index is -2.72. The molecule has 5 aliphatic rings. The van der Waals surface area contributed by atoms with Crippen LogP contribution in [0.4, 0.5) is 24.7 Å². The summed E-state index contributed by atoms with van der Waals surface area (Å²) in [5.74, 6) is -1.19. The van der Waals surface area contributed by atoms with E-state index in [4.69, 9.17) is 9.72 Å². The van der Waals surface area contributed by atoms with Gasteiger partial charge < -0.3 is 25.0 Å². The van der Waals surface area contributed by atoms with E-state index in [1.165, 1.54) is 12.1 Å². The first kappa shape index (κ1) is 36.8. The van der Waals surface area contributed by atoms with Crippen molar-refractivity contribution in [3.8, 4) is 22.8 Å². The van der Waals surface area contributed by atoms with Gasteiger partial charge in [-0.25, -0.2) is 13.2 Å². The van der Waals surface area contributed by atoms with Crippen LogP contribution >= 0.6 is 0 Å². The van der Waals surface area contributed by atoms with Crippen LogP contribution in [0, 0.1) is 12.7 Å². The van der Waals surface area contributed by atoms with Crippen LogP contribution in [0.3, 0.4) is 0 Å². The van der Waals surface area contributed by atoms with Crippen molar-refractivity contribution in [2.24, 2.45) is 0 Å². The number of rotatable bonds is 8. The summed E-state index contributed by atoms with van der Waals surface area (Å²) >= 11 is 0. The standard InChI is InChI=1S/C41H41F3N8O5/c1-22-13-26(19-50-11-9-23(10-12-50)24-5-6-25-18-51(39(56)29(25)14-24)32-7-8-35(53)47-38(32)55)45-17-34(22)57-27-16-41(40(43)44)21-46-37-33(52(41)20-27)15-31(48-49-37)28-3-2-4-30(42)36(28)54/h2-6,13-15,17,23,27,32,40,54H,7-12,16,18-21H2,1H3,(H,46,49)(H,47,53,55)/t27-,32+,41+/m1/s1. The Hall–Kier alpha value is -5.77. The van der Waals surface area contributed by atoms with Crippen molar-refractivity contribution in [3.05, 3.63) is 88.5 Å². The molecule has 13 nitrogen and oxygen atoms in total. The maximum atomic E-state index is 14.9. The topological polar surface area (TPSA) is 153 Å². The molecule has 5 aliphatic heterocycles. The highest BCUT2D eigenvalue weighted by molar-refractivity contribution is 6.05. The number of hydrogen-bond acceptors (Lipinski definition) is 11. The summed E-state index contributed by atoms with van der Waals surface area (Å²) < 4.78 is 50.4. The number of likely N-dealkylation sites (tertiary alicyclic amines) is 1. The number of aromatic nitrogens is 3. The fourth-order valence-corrected chi connectivity index (χ4v) is 9.10. The van der Waals surface area contributed by atoms with Gasteiger partial charge in [0.25, 0.3) is 12.3 Å². The molecule has 16 heteroatoms. The van der Waals surface area contributed by atoms with Crippen LogP contribution in [0.25, 0.3) is 11.3 Å². The Bertz CT molecular complexity index is 2290. The van der Waals surface area contributed by atoms with Crippen molar-refractivity contribution in [2.75, 3.05) is 36.4 Å². The number of carbonyl (C=O) groups excluding carboxylic acids is 3. The molecule has 2 aromatic carbocycles. The first-order valence-electron chi connectivity index (χ1n) is 19.2. The van der Waals surface area contributed by atoms with Crippen molar-refractivity contribution in [2.45, 2.75) is 82.1 Å². The summed E-state index contributed by atoms with van der Waals surface area (Å²) in [6, 6.07) is 13.0. The third kappa shape index (κ3) is 6.58. The Kier molecular flexibility index (Phi) is 9.25. The maximum Gasteiger partial charge on any atom is 0.263 e. The third-order valence-corrected chi connectivity index (χ3v) is 12.2. The number of aromatic hydroxyl groups is 1. The van der Waals surface area contributed by atoms with Crippen LogP contribution in [0.5, 0.6) is 11.5 Å². The average Bonchev–Trinajstić information content (AvgIpc) is 3.75. The molecule has 0 spiro atoms. The molecule has 57 heavy (non-hydrogen) atoms. The molecule has 296 valence electrons. The molecule has 7 heterocycles. The number of benzene rings is 2. The van der Waals surface area contributed by atoms with Gasteiger partial charge in [0.2, 0.25) is 11.8 Å². The Morgan fingerprint density at radius 2 is 1.86 bits per heavy atom. The van der Waals surface area contributed by atoms with Gasteiger partial charge in [-0.05, 0) is 92.2 Å². The molecular weight excluding hydrogens is 741 g/mol. The number of piperidine rings is 2. The highest BCUT2D eigenvalue weighted by Crippen LogP contribution is 2.47. The molecule has 4 aromatic rings. The van der Waals surface area contributed by atoms with Crippen LogP contribution in [-0.2, 0) is 22.7 Å². The predicted molar refractivity (Wildman–Crippen MR) is 201 cm³/mol. The normalized spacial score (nSPS) is 23.6. The maximum absolute atomic E-state index is 14.9. The van der Waals surface area contributed by atoms with Crippen LogP contribution in [0.2, 0.25) is 0 Å². The number of pyridine rings is 1. The molecule has 0 saturated carbocycles. The number of para-hydroxylation sites is 1. The first-order chi connectivity index (χ1) is 27.5. The first-order valence-corrected chi connectivity index (χ1v) is 19.2. The predicted octanol–water partition coefficient (Wildman–Crippen LogP) is 4.92. The third-order valence-electron chi connectivity index (χ3n) is 12.2. The number of aryl methyl sites for hydroxylation is 1. The van der Waals surface area contributed by atoms with E-state index in [0.29, 0.717) is 42.3 Å². The summed E-state index contributed by atoms with van der Waals surface area (Å²) in [6.45, 7) is 4.66. The second kappa shape index (κ2) is 14.3. The number of alkyl halides is 2.